The maximum absolute atomic E-state index is 13.1. The first-order valence-corrected chi connectivity index (χ1v) is 18.5. The van der Waals surface area contributed by atoms with Crippen LogP contribution >= 0.6 is 0 Å². The monoisotopic (exact) mass is 707 g/mol. The molecule has 4 fully saturated rings. The van der Waals surface area contributed by atoms with E-state index in [1.165, 1.54) is 12.5 Å². The van der Waals surface area contributed by atoms with Crippen molar-refractivity contribution in [3.63, 3.8) is 0 Å². The highest BCUT2D eigenvalue weighted by molar-refractivity contribution is 5.70. The first kappa shape index (κ1) is 39.5. The lowest BCUT2D eigenvalue weighted by Gasteiger charge is -2.66. The van der Waals surface area contributed by atoms with E-state index in [1.54, 1.807) is 20.1 Å². The molecule has 0 aromatic rings. The predicted molar refractivity (Wildman–Crippen MR) is 184 cm³/mol. The molecule has 12 unspecified atom stereocenters. The van der Waals surface area contributed by atoms with Crippen LogP contribution in [0.2, 0.25) is 0 Å². The summed E-state index contributed by atoms with van der Waals surface area (Å²) in [7, 11) is 1.60. The molecule has 5 heterocycles. The molecular weight excluding hydrogens is 646 g/mol. The molecule has 0 saturated carbocycles. The highest BCUT2D eigenvalue weighted by atomic mass is 16.7. The number of carbonyl (C=O) groups excluding carboxylic acids is 1. The molecule has 284 valence electrons. The van der Waals surface area contributed by atoms with E-state index in [0.29, 0.717) is 25.7 Å². The second kappa shape index (κ2) is 15.3. The summed E-state index contributed by atoms with van der Waals surface area (Å²) in [5.41, 5.74) is -0.253. The fraction of sp³-hybridized carbons (Fsp3) is 0.816. The Bertz CT molecular complexity index is 1300. The number of allylic oxidation sites excluding steroid dienone is 2. The second-order valence-corrected chi connectivity index (χ2v) is 16.0. The van der Waals surface area contributed by atoms with Crippen molar-refractivity contribution in [1.29, 1.82) is 0 Å². The molecule has 12 heteroatoms. The summed E-state index contributed by atoms with van der Waals surface area (Å²) in [6, 6.07) is -0.815. The number of cyclic esters (lactones) is 1. The number of aliphatic hydroxyl groups excluding tert-OH is 2. The van der Waals surface area contributed by atoms with Crippen LogP contribution in [0.4, 0.5) is 0 Å². The molecule has 0 amide bonds. The van der Waals surface area contributed by atoms with E-state index in [0.717, 1.165) is 29.9 Å². The molecule has 5 aliphatic rings. The van der Waals surface area contributed by atoms with Crippen LogP contribution in [0.25, 0.3) is 0 Å². The van der Waals surface area contributed by atoms with Crippen molar-refractivity contribution in [3.8, 4) is 0 Å². The Labute approximate surface area is 297 Å². The molecule has 50 heavy (non-hydrogen) atoms. The van der Waals surface area contributed by atoms with Crippen molar-refractivity contribution in [1.82, 2.24) is 5.06 Å². The van der Waals surface area contributed by atoms with Gasteiger partial charge in [-0.2, -0.15) is 5.06 Å². The van der Waals surface area contributed by atoms with Crippen LogP contribution in [-0.2, 0) is 28.5 Å². The van der Waals surface area contributed by atoms with Gasteiger partial charge >= 0.3 is 5.97 Å². The number of rotatable bonds is 5. The van der Waals surface area contributed by atoms with Gasteiger partial charge in [0.05, 0.1) is 49.1 Å². The minimum absolute atomic E-state index is 0.0623. The Morgan fingerprint density at radius 3 is 2.46 bits per heavy atom. The van der Waals surface area contributed by atoms with Gasteiger partial charge in [0.2, 0.25) is 5.79 Å². The lowest BCUT2D eigenvalue weighted by Crippen LogP contribution is -2.85. The van der Waals surface area contributed by atoms with Crippen LogP contribution in [0, 0.1) is 5.41 Å². The molecule has 0 aromatic carbocycles. The largest absolute Gasteiger partial charge is 0.459 e. The summed E-state index contributed by atoms with van der Waals surface area (Å²) in [6.07, 6.45) is 6.91. The Morgan fingerprint density at radius 1 is 1.06 bits per heavy atom. The molecule has 5 N–H and O–H groups in total. The number of hydrogen-bond donors (Lipinski definition) is 5. The van der Waals surface area contributed by atoms with Gasteiger partial charge in [-0.05, 0) is 52.0 Å². The topological polar surface area (TPSA) is 168 Å². The van der Waals surface area contributed by atoms with Gasteiger partial charge in [-0.1, -0.05) is 63.5 Å². The first-order chi connectivity index (χ1) is 23.5. The lowest BCUT2D eigenvalue weighted by atomic mass is 9.68. The summed E-state index contributed by atoms with van der Waals surface area (Å²) in [4.78, 5) is 13.1. The molecule has 5 aliphatic heterocycles. The quantitative estimate of drug-likeness (QED) is 0.157. The number of carbonyl (C=O) groups is 1. The summed E-state index contributed by atoms with van der Waals surface area (Å²) in [5.74, 6) is -4.23. The standard InChI is InChI=1S/C38H61NO11/c1-8-10-11-12-24-15-27-13-14-36(6)38(44)34(39(36)45)25(9-2)17-28(50-38)20-31(23(3)40)48-33(42)19-26(41)18-29-21-32(46-7)35(4,5)37(43,49-29)22-30(16-24)47-27/h9,12-14,23,26-32,34,40-41,43-45H,8,10-11,15-22H2,1-7H3/b14-13+,24-12+,25-9+. The number of hydrogen-bond acceptors (Lipinski definition) is 12. The van der Waals surface area contributed by atoms with E-state index in [9.17, 15) is 30.4 Å². The van der Waals surface area contributed by atoms with E-state index in [4.69, 9.17) is 23.7 Å². The smallest absolute Gasteiger partial charge is 0.308 e. The minimum Gasteiger partial charge on any atom is -0.459 e. The highest BCUT2D eigenvalue weighted by Crippen LogP contribution is 2.54. The maximum atomic E-state index is 13.1. The Hall–Kier alpha value is -1.71. The number of hydroxylamine groups is 2. The number of nitrogens with zero attached hydrogens (tertiary/aromatic N) is 1. The number of aliphatic hydroxyl groups is 4. The Balaban J connectivity index is 1.53. The predicted octanol–water partition coefficient (Wildman–Crippen LogP) is 4.21. The van der Waals surface area contributed by atoms with Crippen LogP contribution in [0.15, 0.2) is 35.5 Å². The highest BCUT2D eigenvalue weighted by Gasteiger charge is 2.72. The van der Waals surface area contributed by atoms with E-state index in [1.807, 2.05) is 32.9 Å². The van der Waals surface area contributed by atoms with Crippen LogP contribution in [0.1, 0.15) is 112 Å². The molecule has 0 aliphatic carbocycles. The van der Waals surface area contributed by atoms with Crippen molar-refractivity contribution in [2.45, 2.75) is 184 Å². The van der Waals surface area contributed by atoms with Crippen molar-refractivity contribution >= 4 is 5.97 Å². The molecule has 12 nitrogen and oxygen atoms in total. The first-order valence-electron chi connectivity index (χ1n) is 18.5. The average molecular weight is 708 g/mol. The van der Waals surface area contributed by atoms with Gasteiger partial charge in [-0.3, -0.25) is 4.79 Å². The summed E-state index contributed by atoms with van der Waals surface area (Å²) < 4.78 is 31.0. The molecular formula is C38H61NO11. The zero-order chi connectivity index (χ0) is 36.6. The molecule has 12 atom stereocenters. The third-order valence-corrected chi connectivity index (χ3v) is 12.0. The van der Waals surface area contributed by atoms with Gasteiger partial charge in [0.1, 0.15) is 17.7 Å². The van der Waals surface area contributed by atoms with Crippen LogP contribution in [-0.4, -0.2) is 116 Å². The maximum Gasteiger partial charge on any atom is 0.308 e. The molecule has 4 saturated heterocycles. The summed E-state index contributed by atoms with van der Waals surface area (Å²) >= 11 is 0. The molecule has 6 bridgehead atoms. The fourth-order valence-corrected chi connectivity index (χ4v) is 8.67. The van der Waals surface area contributed by atoms with Gasteiger partial charge < -0.3 is 49.3 Å². The van der Waals surface area contributed by atoms with Crippen molar-refractivity contribution in [2.24, 2.45) is 5.41 Å². The SMILES string of the molecule is C/C=C1\CC2CC(C(C)O)OC(=O)CC(O)CC3CC(OC)C(C)(C)C(O)(CC4C/C(=C/CCCC)CC(/C=C/C5(C)N(O)C1C5(O)O2)O4)O3. The number of fused-ring (bicyclic) bond motifs is 5. The number of unbranched alkanes of at least 4 members (excludes halogenated alkanes) is 2. The van der Waals surface area contributed by atoms with Crippen molar-refractivity contribution < 1.29 is 54.1 Å². The normalized spacial score (nSPS) is 45.7. The molecule has 0 aromatic heterocycles. The molecule has 0 spiro atoms. The Kier molecular flexibility index (Phi) is 12.1. The summed E-state index contributed by atoms with van der Waals surface area (Å²) in [6.45, 7) is 11.0. The van der Waals surface area contributed by atoms with Gasteiger partial charge in [0.15, 0.2) is 5.79 Å². The zero-order valence-electron chi connectivity index (χ0n) is 30.9. The van der Waals surface area contributed by atoms with Crippen LogP contribution < -0.4 is 0 Å². The number of methoxy groups -OCH3 is 1. The number of ether oxygens (including phenoxy) is 5. The summed E-state index contributed by atoms with van der Waals surface area (Å²) in [5, 5.41) is 58.7. The van der Waals surface area contributed by atoms with E-state index in [2.05, 4.69) is 13.0 Å². The van der Waals surface area contributed by atoms with E-state index < -0.39 is 83.4 Å². The van der Waals surface area contributed by atoms with Gasteiger partial charge in [0.25, 0.3) is 0 Å². The van der Waals surface area contributed by atoms with Gasteiger partial charge in [-0.15, -0.1) is 0 Å². The lowest BCUT2D eigenvalue weighted by molar-refractivity contribution is -0.445. The van der Waals surface area contributed by atoms with E-state index in [-0.39, 0.29) is 25.7 Å². The van der Waals surface area contributed by atoms with Crippen molar-refractivity contribution in [2.75, 3.05) is 7.11 Å². The number of esters is 1. The molecule has 5 rings (SSSR count). The zero-order valence-corrected chi connectivity index (χ0v) is 30.9. The average Bonchev–Trinajstić information content (AvgIpc) is 3.03. The van der Waals surface area contributed by atoms with Gasteiger partial charge in [0, 0.05) is 38.2 Å². The van der Waals surface area contributed by atoms with Crippen LogP contribution in [0.3, 0.4) is 0 Å². The minimum atomic E-state index is -1.83. The third kappa shape index (κ3) is 7.53. The fourth-order valence-electron chi connectivity index (χ4n) is 8.67. The van der Waals surface area contributed by atoms with E-state index >= 15 is 0 Å². The van der Waals surface area contributed by atoms with Gasteiger partial charge in [-0.25, -0.2) is 0 Å². The molecule has 0 radical (unpaired) electrons. The third-order valence-electron chi connectivity index (χ3n) is 12.0. The van der Waals surface area contributed by atoms with Crippen LogP contribution in [0.5, 0.6) is 0 Å². The second-order valence-electron chi connectivity index (χ2n) is 16.0. The Morgan fingerprint density at radius 2 is 1.80 bits per heavy atom. The van der Waals surface area contributed by atoms with Crippen molar-refractivity contribution in [3.05, 3.63) is 35.5 Å².